The van der Waals surface area contributed by atoms with Gasteiger partial charge in [-0.15, -0.1) is 0 Å². The minimum absolute atomic E-state index is 1.18. The Balaban J connectivity index is 1.74. The first-order valence-electron chi connectivity index (χ1n) is 7.27. The van der Waals surface area contributed by atoms with Crippen molar-refractivity contribution >= 4 is 22.1 Å². The summed E-state index contributed by atoms with van der Waals surface area (Å²) in [5.74, 6) is 0. The van der Waals surface area contributed by atoms with Crippen LogP contribution < -0.4 is 5.32 Å². The van der Waals surface area contributed by atoms with Gasteiger partial charge in [0.15, 0.2) is 0 Å². The van der Waals surface area contributed by atoms with E-state index in [2.05, 4.69) is 66.0 Å². The average molecular weight is 259 g/mol. The van der Waals surface area contributed by atoms with E-state index in [-0.39, 0.29) is 0 Å². The molecule has 1 N–H and O–H groups in total. The van der Waals surface area contributed by atoms with Gasteiger partial charge in [0.1, 0.15) is 0 Å². The Morgan fingerprint density at radius 3 is 2.60 bits per heavy atom. The zero-order valence-electron chi connectivity index (χ0n) is 11.4. The first-order valence-corrected chi connectivity index (χ1v) is 7.27. The summed E-state index contributed by atoms with van der Waals surface area (Å²) < 4.78 is 0. The second kappa shape index (κ2) is 4.68. The van der Waals surface area contributed by atoms with Crippen molar-refractivity contribution in [1.82, 2.24) is 0 Å². The number of nitrogens with one attached hydrogen (secondary N) is 1. The summed E-state index contributed by atoms with van der Waals surface area (Å²) in [6.07, 6.45) is 3.76. The Morgan fingerprint density at radius 2 is 1.60 bits per heavy atom. The molecule has 0 spiro atoms. The topological polar surface area (TPSA) is 12.0 Å². The van der Waals surface area contributed by atoms with Crippen molar-refractivity contribution in [3.8, 4) is 0 Å². The number of benzene rings is 3. The molecule has 0 radical (unpaired) electrons. The third kappa shape index (κ3) is 1.96. The lowest BCUT2D eigenvalue weighted by atomic mass is 10.1. The molecule has 98 valence electrons. The van der Waals surface area contributed by atoms with Gasteiger partial charge in [0.25, 0.3) is 0 Å². The number of hydrogen-bond acceptors (Lipinski definition) is 1. The normalized spacial score (nSPS) is 13.4. The van der Waals surface area contributed by atoms with E-state index in [9.17, 15) is 0 Å². The molecule has 0 saturated carbocycles. The molecule has 1 nitrogen and oxygen atoms in total. The molecule has 1 aliphatic rings. The Morgan fingerprint density at radius 1 is 0.750 bits per heavy atom. The zero-order chi connectivity index (χ0) is 13.4. The van der Waals surface area contributed by atoms with Gasteiger partial charge in [-0.2, -0.15) is 0 Å². The molecule has 3 aromatic carbocycles. The minimum Gasteiger partial charge on any atom is -0.355 e. The monoisotopic (exact) mass is 259 g/mol. The molecule has 0 aliphatic heterocycles. The van der Waals surface area contributed by atoms with Crippen molar-refractivity contribution in [2.24, 2.45) is 0 Å². The van der Waals surface area contributed by atoms with Gasteiger partial charge in [0.05, 0.1) is 0 Å². The minimum atomic E-state index is 1.18. The van der Waals surface area contributed by atoms with Gasteiger partial charge < -0.3 is 5.32 Å². The largest absolute Gasteiger partial charge is 0.355 e. The van der Waals surface area contributed by atoms with Crippen LogP contribution in [-0.2, 0) is 12.8 Å². The summed E-state index contributed by atoms with van der Waals surface area (Å²) in [5, 5.41) is 6.13. The highest BCUT2D eigenvalue weighted by Crippen LogP contribution is 2.29. The van der Waals surface area contributed by atoms with Crippen LogP contribution in [0, 0.1) is 0 Å². The van der Waals surface area contributed by atoms with Crippen LogP contribution in [0.4, 0.5) is 11.4 Å². The lowest BCUT2D eigenvalue weighted by Crippen LogP contribution is -1.93. The van der Waals surface area contributed by atoms with Gasteiger partial charge in [0.2, 0.25) is 0 Å². The summed E-state index contributed by atoms with van der Waals surface area (Å²) in [6.45, 7) is 0. The molecule has 1 heteroatoms. The predicted octanol–water partition coefficient (Wildman–Crippen LogP) is 5.07. The number of hydrogen-bond donors (Lipinski definition) is 1. The molecule has 3 aromatic rings. The highest BCUT2D eigenvalue weighted by atomic mass is 14.9. The SMILES string of the molecule is c1ccc2c(Nc3ccc4c(c3)CCC4)cccc2c1. The predicted molar refractivity (Wildman–Crippen MR) is 85.7 cm³/mol. The van der Waals surface area contributed by atoms with Crippen molar-refractivity contribution in [3.05, 3.63) is 71.8 Å². The van der Waals surface area contributed by atoms with Gasteiger partial charge in [0, 0.05) is 16.8 Å². The van der Waals surface area contributed by atoms with Crippen molar-refractivity contribution < 1.29 is 0 Å². The molecular formula is C19H17N. The van der Waals surface area contributed by atoms with E-state index in [0.717, 1.165) is 0 Å². The van der Waals surface area contributed by atoms with Crippen LogP contribution in [0.25, 0.3) is 10.8 Å². The van der Waals surface area contributed by atoms with Crippen LogP contribution in [0.1, 0.15) is 17.5 Å². The van der Waals surface area contributed by atoms with Gasteiger partial charge in [-0.3, -0.25) is 0 Å². The molecule has 0 heterocycles. The molecule has 4 rings (SSSR count). The van der Waals surface area contributed by atoms with Crippen LogP contribution in [0.5, 0.6) is 0 Å². The molecule has 0 fully saturated rings. The maximum absolute atomic E-state index is 3.58. The molecular weight excluding hydrogens is 242 g/mol. The van der Waals surface area contributed by atoms with E-state index in [1.54, 1.807) is 0 Å². The second-order valence-electron chi connectivity index (χ2n) is 5.49. The third-order valence-electron chi connectivity index (χ3n) is 4.17. The molecule has 0 atom stereocenters. The quantitative estimate of drug-likeness (QED) is 0.677. The van der Waals surface area contributed by atoms with E-state index in [1.807, 2.05) is 0 Å². The summed E-state index contributed by atoms with van der Waals surface area (Å²) >= 11 is 0. The number of anilines is 2. The van der Waals surface area contributed by atoms with E-state index < -0.39 is 0 Å². The maximum Gasteiger partial charge on any atom is 0.0463 e. The Bertz CT molecular complexity index is 768. The first kappa shape index (κ1) is 11.5. The molecule has 0 unspecified atom stereocenters. The summed E-state index contributed by atoms with van der Waals surface area (Å²) in [6, 6.07) is 21.7. The van der Waals surface area contributed by atoms with Crippen molar-refractivity contribution in [2.75, 3.05) is 5.32 Å². The zero-order valence-corrected chi connectivity index (χ0v) is 11.4. The number of fused-ring (bicyclic) bond motifs is 2. The first-order chi connectivity index (χ1) is 9.90. The Labute approximate surface area is 119 Å². The van der Waals surface area contributed by atoms with Gasteiger partial charge in [-0.05, 0) is 54.0 Å². The van der Waals surface area contributed by atoms with Crippen LogP contribution in [-0.4, -0.2) is 0 Å². The summed E-state index contributed by atoms with van der Waals surface area (Å²) in [7, 11) is 0. The Hall–Kier alpha value is -2.28. The average Bonchev–Trinajstić information content (AvgIpc) is 2.95. The lowest BCUT2D eigenvalue weighted by molar-refractivity contribution is 0.912. The van der Waals surface area contributed by atoms with Crippen molar-refractivity contribution in [3.63, 3.8) is 0 Å². The molecule has 0 bridgehead atoms. The molecule has 0 aromatic heterocycles. The fourth-order valence-electron chi connectivity index (χ4n) is 3.14. The second-order valence-corrected chi connectivity index (χ2v) is 5.49. The molecule has 20 heavy (non-hydrogen) atoms. The number of aryl methyl sites for hydroxylation is 2. The smallest absolute Gasteiger partial charge is 0.0463 e. The van der Waals surface area contributed by atoms with E-state index in [1.165, 1.54) is 52.5 Å². The fraction of sp³-hybridized carbons (Fsp3) is 0.158. The highest BCUT2D eigenvalue weighted by molar-refractivity contribution is 5.95. The number of rotatable bonds is 2. The van der Waals surface area contributed by atoms with Crippen molar-refractivity contribution in [1.29, 1.82) is 0 Å². The summed E-state index contributed by atoms with van der Waals surface area (Å²) in [4.78, 5) is 0. The van der Waals surface area contributed by atoms with Crippen LogP contribution in [0.15, 0.2) is 60.7 Å². The van der Waals surface area contributed by atoms with Crippen LogP contribution >= 0.6 is 0 Å². The summed E-state index contributed by atoms with van der Waals surface area (Å²) in [5.41, 5.74) is 5.41. The van der Waals surface area contributed by atoms with E-state index in [0.29, 0.717) is 0 Å². The molecule has 1 aliphatic carbocycles. The van der Waals surface area contributed by atoms with Gasteiger partial charge in [-0.1, -0.05) is 42.5 Å². The molecule has 0 amide bonds. The third-order valence-corrected chi connectivity index (χ3v) is 4.17. The fourth-order valence-corrected chi connectivity index (χ4v) is 3.14. The standard InChI is InChI=1S/C19H17N/c1-2-9-18-15(5-1)7-4-10-19(18)20-17-12-11-14-6-3-8-16(14)13-17/h1-2,4-5,7,9-13,20H,3,6,8H2. The van der Waals surface area contributed by atoms with Crippen LogP contribution in [0.2, 0.25) is 0 Å². The van der Waals surface area contributed by atoms with Gasteiger partial charge in [-0.25, -0.2) is 0 Å². The van der Waals surface area contributed by atoms with Gasteiger partial charge >= 0.3 is 0 Å². The van der Waals surface area contributed by atoms with Crippen molar-refractivity contribution in [2.45, 2.75) is 19.3 Å². The van der Waals surface area contributed by atoms with Crippen LogP contribution in [0.3, 0.4) is 0 Å². The lowest BCUT2D eigenvalue weighted by Gasteiger charge is -2.11. The highest BCUT2D eigenvalue weighted by Gasteiger charge is 2.11. The van der Waals surface area contributed by atoms with E-state index in [4.69, 9.17) is 0 Å². The Kier molecular flexibility index (Phi) is 2.70. The maximum atomic E-state index is 3.58. The van der Waals surface area contributed by atoms with E-state index >= 15 is 0 Å². The molecule has 0 saturated heterocycles.